The lowest BCUT2D eigenvalue weighted by atomic mass is 10.1. The fraction of sp³-hybridized carbons (Fsp3) is 0.0870. The second-order valence-corrected chi connectivity index (χ2v) is 7.08. The first kappa shape index (κ1) is 21.9. The summed E-state index contributed by atoms with van der Waals surface area (Å²) in [5, 5.41) is 10.5. The molecule has 0 saturated heterocycles. The molecule has 0 spiro atoms. The zero-order valence-electron chi connectivity index (χ0n) is 16.9. The number of rotatable bonds is 8. The molecular weight excluding hydrogens is 414 g/mol. The molecule has 0 aliphatic carbocycles. The van der Waals surface area contributed by atoms with E-state index in [0.29, 0.717) is 40.2 Å². The van der Waals surface area contributed by atoms with Crippen LogP contribution in [-0.4, -0.2) is 17.3 Å². The number of amides is 1. The van der Waals surface area contributed by atoms with E-state index >= 15 is 0 Å². The molecule has 158 valence electrons. The minimum atomic E-state index is -0.125. The minimum absolute atomic E-state index is 0.125. The minimum Gasteiger partial charge on any atom is -0.398 e. The fourth-order valence-corrected chi connectivity index (χ4v) is 2.86. The highest BCUT2D eigenvalue weighted by Gasteiger charge is 2.07. The maximum absolute atomic E-state index is 11.1. The third kappa shape index (κ3) is 6.58. The van der Waals surface area contributed by atoms with Gasteiger partial charge in [-0.1, -0.05) is 47.6 Å². The van der Waals surface area contributed by atoms with E-state index in [4.69, 9.17) is 21.9 Å². The van der Waals surface area contributed by atoms with E-state index < -0.39 is 0 Å². The number of nitrogens with zero attached hydrogens (tertiary/aromatic N) is 2. The average Bonchev–Trinajstić information content (AvgIpc) is 3.21. The molecule has 1 amide bonds. The standard InChI is InChI=1S/C23H22ClN5O2/c1-15(26-11-10-22(25)17-6-8-20(9-7-17)28-16(2)30)27-14-21-13-23(29-31-21)18-4-3-5-19(24)12-18/h3-13,27H,1,14,25H2,2H3,(H,28,30)/b22-10-,26-11-. The number of aliphatic imine (C=N–C) groups is 1. The molecule has 4 N–H and O–H groups in total. The van der Waals surface area contributed by atoms with Crippen molar-refractivity contribution in [3.8, 4) is 11.3 Å². The molecule has 1 heterocycles. The smallest absolute Gasteiger partial charge is 0.221 e. The quantitative estimate of drug-likeness (QED) is 0.449. The number of benzene rings is 2. The molecule has 31 heavy (non-hydrogen) atoms. The third-order valence-electron chi connectivity index (χ3n) is 4.17. The summed E-state index contributed by atoms with van der Waals surface area (Å²) in [5.41, 5.74) is 9.71. The zero-order chi connectivity index (χ0) is 22.2. The number of hydrogen-bond donors (Lipinski definition) is 3. The number of halogens is 1. The van der Waals surface area contributed by atoms with Crippen LogP contribution in [0.2, 0.25) is 5.02 Å². The van der Waals surface area contributed by atoms with Crippen LogP contribution in [0.1, 0.15) is 18.2 Å². The number of carbonyl (C=O) groups excluding carboxylic acids is 1. The Bertz CT molecular complexity index is 1130. The number of nitrogens with two attached hydrogens (primary N) is 1. The summed E-state index contributed by atoms with van der Waals surface area (Å²) in [6.07, 6.45) is 3.23. The van der Waals surface area contributed by atoms with Gasteiger partial charge in [0.15, 0.2) is 5.76 Å². The molecule has 3 aromatic rings. The third-order valence-corrected chi connectivity index (χ3v) is 4.40. The van der Waals surface area contributed by atoms with Crippen molar-refractivity contribution in [3.05, 3.63) is 89.4 Å². The summed E-state index contributed by atoms with van der Waals surface area (Å²) in [5.74, 6) is 0.965. The van der Waals surface area contributed by atoms with E-state index in [1.54, 1.807) is 30.5 Å². The number of aromatic nitrogens is 1. The van der Waals surface area contributed by atoms with Gasteiger partial charge in [0.25, 0.3) is 0 Å². The molecule has 0 aliphatic heterocycles. The summed E-state index contributed by atoms with van der Waals surface area (Å²) < 4.78 is 5.34. The van der Waals surface area contributed by atoms with Crippen molar-refractivity contribution in [2.75, 3.05) is 5.32 Å². The molecule has 8 heteroatoms. The van der Waals surface area contributed by atoms with Crippen molar-refractivity contribution < 1.29 is 9.32 Å². The fourth-order valence-electron chi connectivity index (χ4n) is 2.67. The van der Waals surface area contributed by atoms with Crippen LogP contribution in [0.3, 0.4) is 0 Å². The van der Waals surface area contributed by atoms with E-state index in [9.17, 15) is 4.79 Å². The van der Waals surface area contributed by atoms with Gasteiger partial charge >= 0.3 is 0 Å². The van der Waals surface area contributed by atoms with Crippen molar-refractivity contribution in [3.63, 3.8) is 0 Å². The van der Waals surface area contributed by atoms with Crippen LogP contribution < -0.4 is 16.4 Å². The maximum atomic E-state index is 11.1. The Balaban J connectivity index is 1.52. The lowest BCUT2D eigenvalue weighted by Gasteiger charge is -2.04. The van der Waals surface area contributed by atoms with Crippen LogP contribution in [0.5, 0.6) is 0 Å². The Kier molecular flexibility index (Phi) is 7.24. The van der Waals surface area contributed by atoms with Crippen molar-refractivity contribution >= 4 is 35.1 Å². The highest BCUT2D eigenvalue weighted by molar-refractivity contribution is 6.30. The summed E-state index contributed by atoms with van der Waals surface area (Å²) in [6.45, 7) is 5.70. The molecule has 0 radical (unpaired) electrons. The molecule has 3 rings (SSSR count). The monoisotopic (exact) mass is 435 g/mol. The van der Waals surface area contributed by atoms with Gasteiger partial charge in [-0.15, -0.1) is 0 Å². The Hall–Kier alpha value is -3.84. The number of allylic oxidation sites excluding steroid dienone is 1. The van der Waals surface area contributed by atoms with Crippen molar-refractivity contribution in [1.29, 1.82) is 0 Å². The molecule has 0 aliphatic rings. The van der Waals surface area contributed by atoms with Crippen molar-refractivity contribution in [1.82, 2.24) is 10.5 Å². The molecule has 7 nitrogen and oxygen atoms in total. The SMILES string of the molecule is C=C(/N=C\C=C(/N)c1ccc(NC(C)=O)cc1)NCc1cc(-c2cccc(Cl)c2)no1. The first-order valence-electron chi connectivity index (χ1n) is 9.43. The highest BCUT2D eigenvalue weighted by atomic mass is 35.5. The molecule has 2 aromatic carbocycles. The highest BCUT2D eigenvalue weighted by Crippen LogP contribution is 2.22. The average molecular weight is 436 g/mol. The largest absolute Gasteiger partial charge is 0.398 e. The van der Waals surface area contributed by atoms with Gasteiger partial charge < -0.3 is 20.9 Å². The van der Waals surface area contributed by atoms with E-state index in [2.05, 4.69) is 27.4 Å². The number of anilines is 1. The molecule has 0 fully saturated rings. The molecule has 0 atom stereocenters. The molecule has 0 saturated carbocycles. The lowest BCUT2D eigenvalue weighted by Crippen LogP contribution is -2.09. The predicted molar refractivity (Wildman–Crippen MR) is 124 cm³/mol. The van der Waals surface area contributed by atoms with Crippen LogP contribution in [0.25, 0.3) is 17.0 Å². The summed E-state index contributed by atoms with van der Waals surface area (Å²) >= 11 is 6.01. The van der Waals surface area contributed by atoms with E-state index in [-0.39, 0.29) is 5.91 Å². The maximum Gasteiger partial charge on any atom is 0.221 e. The van der Waals surface area contributed by atoms with Gasteiger partial charge in [0.05, 0.1) is 6.54 Å². The van der Waals surface area contributed by atoms with Crippen molar-refractivity contribution in [2.45, 2.75) is 13.5 Å². The van der Waals surface area contributed by atoms with Gasteiger partial charge in [-0.3, -0.25) is 4.79 Å². The number of carbonyl (C=O) groups is 1. The van der Waals surface area contributed by atoms with E-state index in [1.807, 2.05) is 36.4 Å². The van der Waals surface area contributed by atoms with Gasteiger partial charge in [0.2, 0.25) is 5.91 Å². The summed E-state index contributed by atoms with van der Waals surface area (Å²) in [6, 6.07) is 16.4. The van der Waals surface area contributed by atoms with Crippen molar-refractivity contribution in [2.24, 2.45) is 10.7 Å². The van der Waals surface area contributed by atoms with Crippen LogP contribution in [-0.2, 0) is 11.3 Å². The van der Waals surface area contributed by atoms with Crippen LogP contribution in [0, 0.1) is 0 Å². The Morgan fingerprint density at radius 2 is 2.03 bits per heavy atom. The van der Waals surface area contributed by atoms with Gasteiger partial charge in [0, 0.05) is 41.2 Å². The van der Waals surface area contributed by atoms with Gasteiger partial charge in [0.1, 0.15) is 11.5 Å². The second kappa shape index (κ2) is 10.3. The van der Waals surface area contributed by atoms with Crippen LogP contribution in [0.15, 0.2) is 82.6 Å². The Morgan fingerprint density at radius 3 is 2.74 bits per heavy atom. The first-order chi connectivity index (χ1) is 14.9. The Labute approximate surface area is 185 Å². The zero-order valence-corrected chi connectivity index (χ0v) is 17.7. The van der Waals surface area contributed by atoms with E-state index in [0.717, 1.165) is 11.1 Å². The summed E-state index contributed by atoms with van der Waals surface area (Å²) in [7, 11) is 0. The van der Waals surface area contributed by atoms with Gasteiger partial charge in [-0.05, 0) is 35.9 Å². The van der Waals surface area contributed by atoms with Gasteiger partial charge in [-0.2, -0.15) is 0 Å². The van der Waals surface area contributed by atoms with Crippen LogP contribution in [0.4, 0.5) is 5.69 Å². The first-order valence-corrected chi connectivity index (χ1v) is 9.80. The van der Waals surface area contributed by atoms with Gasteiger partial charge in [-0.25, -0.2) is 4.99 Å². The summed E-state index contributed by atoms with van der Waals surface area (Å²) in [4.78, 5) is 15.3. The predicted octanol–water partition coefficient (Wildman–Crippen LogP) is 4.58. The second-order valence-electron chi connectivity index (χ2n) is 6.65. The van der Waals surface area contributed by atoms with Crippen LogP contribution >= 0.6 is 11.6 Å². The molecular formula is C23H22ClN5O2. The number of nitrogens with one attached hydrogen (secondary N) is 2. The molecule has 1 aromatic heterocycles. The Morgan fingerprint density at radius 1 is 1.26 bits per heavy atom. The lowest BCUT2D eigenvalue weighted by molar-refractivity contribution is -0.114. The van der Waals surface area contributed by atoms with E-state index in [1.165, 1.54) is 6.92 Å². The molecule has 0 bridgehead atoms. The number of hydrogen-bond acceptors (Lipinski definition) is 6. The normalized spacial score (nSPS) is 11.5. The molecule has 0 unspecified atom stereocenters. The topological polar surface area (TPSA) is 106 Å².